The van der Waals surface area contributed by atoms with Crippen molar-refractivity contribution in [3.8, 4) is 11.5 Å². The van der Waals surface area contributed by atoms with Crippen LogP contribution in [0.1, 0.15) is 17.9 Å². The number of carbonyl (C=O) groups excluding carboxylic acids is 1. The average molecular weight is 373 g/mol. The van der Waals surface area contributed by atoms with Crippen molar-refractivity contribution < 1.29 is 24.2 Å². The highest BCUT2D eigenvalue weighted by Crippen LogP contribution is 2.42. The van der Waals surface area contributed by atoms with Gasteiger partial charge in [0, 0.05) is 49.9 Å². The summed E-state index contributed by atoms with van der Waals surface area (Å²) in [5.74, 6) is -1.00. The van der Waals surface area contributed by atoms with Crippen LogP contribution in [0, 0.1) is 5.92 Å². The second-order valence-electron chi connectivity index (χ2n) is 6.45. The highest BCUT2D eigenvalue weighted by Gasteiger charge is 2.41. The molecule has 1 saturated heterocycles. The van der Waals surface area contributed by atoms with E-state index in [1.54, 1.807) is 40.2 Å². The molecule has 0 bridgehead atoms. The van der Waals surface area contributed by atoms with Crippen LogP contribution in [-0.4, -0.2) is 59.0 Å². The van der Waals surface area contributed by atoms with Gasteiger partial charge in [-0.05, 0) is 12.1 Å². The molecule has 27 heavy (non-hydrogen) atoms. The van der Waals surface area contributed by atoms with Gasteiger partial charge in [-0.25, -0.2) is 0 Å². The average Bonchev–Trinajstić information content (AvgIpc) is 3.35. The molecule has 1 aliphatic rings. The smallest absolute Gasteiger partial charge is 0.308 e. The van der Waals surface area contributed by atoms with Crippen molar-refractivity contribution in [2.45, 2.75) is 18.9 Å². The van der Waals surface area contributed by atoms with E-state index in [1.165, 1.54) is 14.2 Å². The predicted molar refractivity (Wildman–Crippen MR) is 96.8 cm³/mol. The highest BCUT2D eigenvalue weighted by atomic mass is 16.5. The lowest BCUT2D eigenvalue weighted by atomic mass is 9.88. The molecular weight excluding hydrogens is 350 g/mol. The number of aromatic nitrogens is 2. The summed E-state index contributed by atoms with van der Waals surface area (Å²) in [6.07, 6.45) is 3.73. The Hall–Kier alpha value is -3.03. The maximum Gasteiger partial charge on any atom is 0.308 e. The zero-order chi connectivity index (χ0) is 19.4. The van der Waals surface area contributed by atoms with Crippen molar-refractivity contribution in [3.63, 3.8) is 0 Å². The molecule has 1 aromatic heterocycles. The number of methoxy groups -OCH3 is 2. The second kappa shape index (κ2) is 8.11. The van der Waals surface area contributed by atoms with Gasteiger partial charge in [0.1, 0.15) is 0 Å². The van der Waals surface area contributed by atoms with E-state index in [1.807, 2.05) is 6.07 Å². The summed E-state index contributed by atoms with van der Waals surface area (Å²) in [6, 6.07) is 7.20. The van der Waals surface area contributed by atoms with Gasteiger partial charge in [0.05, 0.1) is 20.1 Å². The number of nitrogens with zero attached hydrogens (tertiary/aromatic N) is 3. The Morgan fingerprint density at radius 3 is 2.67 bits per heavy atom. The molecule has 8 nitrogen and oxygen atoms in total. The predicted octanol–water partition coefficient (Wildman–Crippen LogP) is 1.62. The summed E-state index contributed by atoms with van der Waals surface area (Å²) in [4.78, 5) is 26.0. The third-order valence-electron chi connectivity index (χ3n) is 4.94. The van der Waals surface area contributed by atoms with E-state index >= 15 is 0 Å². The van der Waals surface area contributed by atoms with Crippen molar-refractivity contribution in [2.24, 2.45) is 5.92 Å². The molecule has 0 spiro atoms. The minimum Gasteiger partial charge on any atom is -0.493 e. The van der Waals surface area contributed by atoms with E-state index in [9.17, 15) is 14.7 Å². The van der Waals surface area contributed by atoms with E-state index in [0.717, 1.165) is 5.56 Å². The Labute approximate surface area is 157 Å². The van der Waals surface area contributed by atoms with Gasteiger partial charge >= 0.3 is 5.97 Å². The number of benzene rings is 1. The summed E-state index contributed by atoms with van der Waals surface area (Å²) in [5, 5.41) is 13.8. The summed E-state index contributed by atoms with van der Waals surface area (Å²) in [6.45, 7) is 0.976. The van der Waals surface area contributed by atoms with Crippen LogP contribution < -0.4 is 9.47 Å². The molecule has 0 aliphatic carbocycles. The fraction of sp³-hybridized carbons (Fsp3) is 0.421. The molecule has 2 heterocycles. The molecule has 1 amide bonds. The molecule has 1 aliphatic heterocycles. The second-order valence-corrected chi connectivity index (χ2v) is 6.45. The van der Waals surface area contributed by atoms with Crippen molar-refractivity contribution in [2.75, 3.05) is 27.3 Å². The molecule has 1 aromatic carbocycles. The lowest BCUT2D eigenvalue weighted by Gasteiger charge is -2.20. The quantitative estimate of drug-likeness (QED) is 0.793. The van der Waals surface area contributed by atoms with Gasteiger partial charge < -0.3 is 19.5 Å². The topological polar surface area (TPSA) is 93.9 Å². The van der Waals surface area contributed by atoms with E-state index in [2.05, 4.69) is 5.10 Å². The zero-order valence-electron chi connectivity index (χ0n) is 15.4. The molecule has 2 aromatic rings. The number of amides is 1. The van der Waals surface area contributed by atoms with Gasteiger partial charge in [-0.1, -0.05) is 12.1 Å². The largest absolute Gasteiger partial charge is 0.493 e. The molecule has 0 radical (unpaired) electrons. The first-order chi connectivity index (χ1) is 13.0. The van der Waals surface area contributed by atoms with Gasteiger partial charge in [0.15, 0.2) is 11.5 Å². The summed E-state index contributed by atoms with van der Waals surface area (Å²) >= 11 is 0. The Morgan fingerprint density at radius 1 is 1.22 bits per heavy atom. The number of ether oxygens (including phenoxy) is 2. The monoisotopic (exact) mass is 373 g/mol. The van der Waals surface area contributed by atoms with Crippen LogP contribution in [0.5, 0.6) is 11.5 Å². The van der Waals surface area contributed by atoms with E-state index < -0.39 is 11.9 Å². The molecule has 2 atom stereocenters. The number of aliphatic carboxylic acids is 1. The lowest BCUT2D eigenvalue weighted by Crippen LogP contribution is -2.30. The van der Waals surface area contributed by atoms with Crippen molar-refractivity contribution in [3.05, 3.63) is 42.2 Å². The maximum absolute atomic E-state index is 12.6. The van der Waals surface area contributed by atoms with Gasteiger partial charge in [-0.15, -0.1) is 0 Å². The van der Waals surface area contributed by atoms with Crippen molar-refractivity contribution in [1.82, 2.24) is 14.7 Å². The summed E-state index contributed by atoms with van der Waals surface area (Å²) in [5.41, 5.74) is 0.742. The zero-order valence-corrected chi connectivity index (χ0v) is 15.4. The van der Waals surface area contributed by atoms with E-state index in [0.29, 0.717) is 24.6 Å². The van der Waals surface area contributed by atoms with Gasteiger partial charge in [-0.3, -0.25) is 14.3 Å². The Balaban J connectivity index is 1.79. The molecule has 144 valence electrons. The van der Waals surface area contributed by atoms with Gasteiger partial charge in [0.2, 0.25) is 5.91 Å². The number of hydrogen-bond acceptors (Lipinski definition) is 5. The molecule has 3 rings (SSSR count). The minimum absolute atomic E-state index is 0.0823. The number of carbonyl (C=O) groups is 2. The summed E-state index contributed by atoms with van der Waals surface area (Å²) in [7, 11) is 3.06. The SMILES string of the molecule is COc1cccc(C2CN(C(=O)CCn3cccn3)CC2C(=O)O)c1OC. The number of hydrogen-bond donors (Lipinski definition) is 1. The van der Waals surface area contributed by atoms with Crippen LogP contribution in [0.4, 0.5) is 0 Å². The number of carboxylic acid groups (broad SMARTS) is 1. The van der Waals surface area contributed by atoms with Crippen LogP contribution in [0.15, 0.2) is 36.7 Å². The third-order valence-corrected chi connectivity index (χ3v) is 4.94. The molecule has 0 saturated carbocycles. The molecule has 1 fully saturated rings. The number of para-hydroxylation sites is 1. The fourth-order valence-electron chi connectivity index (χ4n) is 3.58. The Bertz CT molecular complexity index is 806. The summed E-state index contributed by atoms with van der Waals surface area (Å²) < 4.78 is 12.5. The maximum atomic E-state index is 12.6. The van der Waals surface area contributed by atoms with Crippen molar-refractivity contribution >= 4 is 11.9 Å². The van der Waals surface area contributed by atoms with Gasteiger partial charge in [-0.2, -0.15) is 5.10 Å². The molecule has 2 unspecified atom stereocenters. The van der Waals surface area contributed by atoms with E-state index in [-0.39, 0.29) is 24.8 Å². The Kier molecular flexibility index (Phi) is 5.63. The number of rotatable bonds is 7. The van der Waals surface area contributed by atoms with Crippen molar-refractivity contribution in [1.29, 1.82) is 0 Å². The normalized spacial score (nSPS) is 19.1. The van der Waals surface area contributed by atoms with Crippen LogP contribution in [0.2, 0.25) is 0 Å². The minimum atomic E-state index is -0.924. The van der Waals surface area contributed by atoms with Gasteiger partial charge in [0.25, 0.3) is 0 Å². The fourth-order valence-corrected chi connectivity index (χ4v) is 3.58. The molecule has 1 N–H and O–H groups in total. The third kappa shape index (κ3) is 3.89. The van der Waals surface area contributed by atoms with Crippen LogP contribution in [0.25, 0.3) is 0 Å². The first kappa shape index (κ1) is 18.8. The first-order valence-electron chi connectivity index (χ1n) is 8.74. The van der Waals surface area contributed by atoms with Crippen LogP contribution in [-0.2, 0) is 16.1 Å². The number of likely N-dealkylation sites (tertiary alicyclic amines) is 1. The van der Waals surface area contributed by atoms with Crippen LogP contribution >= 0.6 is 0 Å². The first-order valence-corrected chi connectivity index (χ1v) is 8.74. The number of carboxylic acids is 1. The van der Waals surface area contributed by atoms with E-state index in [4.69, 9.17) is 9.47 Å². The van der Waals surface area contributed by atoms with Crippen LogP contribution in [0.3, 0.4) is 0 Å². The standard InChI is InChI=1S/C19H23N3O5/c1-26-16-6-3-5-13(18(16)27-2)14-11-21(12-15(14)19(24)25)17(23)7-10-22-9-4-8-20-22/h3-6,8-9,14-15H,7,10-12H2,1-2H3,(H,24,25). The highest BCUT2D eigenvalue weighted by molar-refractivity contribution is 5.80. The Morgan fingerprint density at radius 2 is 2.04 bits per heavy atom. The lowest BCUT2D eigenvalue weighted by molar-refractivity contribution is -0.141. The molecular formula is C19H23N3O5. The molecule has 8 heteroatoms. The number of aryl methyl sites for hydroxylation is 1.